The van der Waals surface area contributed by atoms with Crippen LogP contribution >= 0.6 is 0 Å². The summed E-state index contributed by atoms with van der Waals surface area (Å²) >= 11 is 0. The van der Waals surface area contributed by atoms with E-state index >= 15 is 0 Å². The molecule has 0 atom stereocenters. The van der Waals surface area contributed by atoms with Crippen LogP contribution in [0.5, 0.6) is 0 Å². The van der Waals surface area contributed by atoms with E-state index in [-0.39, 0.29) is 23.2 Å². The molecule has 0 aliphatic rings. The van der Waals surface area contributed by atoms with E-state index in [0.717, 1.165) is 0 Å². The van der Waals surface area contributed by atoms with Crippen molar-refractivity contribution in [1.82, 2.24) is 14.5 Å². The highest BCUT2D eigenvalue weighted by molar-refractivity contribution is 6.05. The average Bonchev–Trinajstić information content (AvgIpc) is 2.91. The van der Waals surface area contributed by atoms with E-state index in [1.165, 1.54) is 50.1 Å². The van der Waals surface area contributed by atoms with Gasteiger partial charge in [-0.3, -0.25) is 14.2 Å². The molecule has 2 heterocycles. The number of esters is 1. The van der Waals surface area contributed by atoms with Crippen LogP contribution in [0.3, 0.4) is 0 Å². The second-order valence-corrected chi connectivity index (χ2v) is 4.67. The molecule has 2 aromatic heterocycles. The van der Waals surface area contributed by atoms with Gasteiger partial charge in [-0.2, -0.15) is 0 Å². The summed E-state index contributed by atoms with van der Waals surface area (Å²) in [6.45, 7) is 2.65. The summed E-state index contributed by atoms with van der Waals surface area (Å²) < 4.78 is 6.10. The predicted octanol–water partition coefficient (Wildman–Crippen LogP) is 1.32. The van der Waals surface area contributed by atoms with E-state index in [1.54, 1.807) is 6.07 Å². The number of rotatable bonds is 5. The molecular formula is C15H15N3O4. The Bertz CT molecular complexity index is 708. The fourth-order valence-corrected chi connectivity index (χ4v) is 2.27. The van der Waals surface area contributed by atoms with Gasteiger partial charge in [0.15, 0.2) is 0 Å². The Morgan fingerprint density at radius 1 is 1.09 bits per heavy atom. The van der Waals surface area contributed by atoms with Crippen molar-refractivity contribution in [3.63, 3.8) is 0 Å². The van der Waals surface area contributed by atoms with Crippen molar-refractivity contribution in [3.8, 4) is 5.95 Å². The van der Waals surface area contributed by atoms with E-state index in [0.29, 0.717) is 5.69 Å². The third-order valence-electron chi connectivity index (χ3n) is 3.17. The Kier molecular flexibility index (Phi) is 4.45. The maximum atomic E-state index is 11.9. The zero-order valence-corrected chi connectivity index (χ0v) is 12.4. The SMILES string of the molecule is COC(=O)c1ccc(C(C(C)=O)C(C)=O)n1-c1ncccn1. The Hall–Kier alpha value is -2.83. The molecule has 0 aromatic carbocycles. The third-order valence-corrected chi connectivity index (χ3v) is 3.17. The van der Waals surface area contributed by atoms with Gasteiger partial charge in [-0.25, -0.2) is 14.8 Å². The van der Waals surface area contributed by atoms with Crippen molar-refractivity contribution in [2.75, 3.05) is 7.11 Å². The Balaban J connectivity index is 2.71. The van der Waals surface area contributed by atoms with Crippen LogP contribution in [0, 0.1) is 0 Å². The first-order chi connectivity index (χ1) is 10.5. The number of hydrogen-bond donors (Lipinski definition) is 0. The lowest BCUT2D eigenvalue weighted by molar-refractivity contribution is -0.127. The van der Waals surface area contributed by atoms with Crippen molar-refractivity contribution in [1.29, 1.82) is 0 Å². The lowest BCUT2D eigenvalue weighted by atomic mass is 9.97. The maximum absolute atomic E-state index is 11.9. The Morgan fingerprint density at radius 3 is 2.18 bits per heavy atom. The van der Waals surface area contributed by atoms with E-state index in [2.05, 4.69) is 9.97 Å². The van der Waals surface area contributed by atoms with E-state index in [9.17, 15) is 14.4 Å². The fraction of sp³-hybridized carbons (Fsp3) is 0.267. The standard InChI is InChI=1S/C15H15N3O4/c1-9(19)13(10(2)20)11-5-6-12(14(21)22-3)18(11)15-16-7-4-8-17-15/h4-8,13H,1-3H3. The highest BCUT2D eigenvalue weighted by Gasteiger charge is 2.29. The second kappa shape index (κ2) is 6.30. The Labute approximate surface area is 126 Å². The molecule has 0 amide bonds. The number of carbonyl (C=O) groups is 3. The van der Waals surface area contributed by atoms with Gasteiger partial charge in [0, 0.05) is 18.1 Å². The van der Waals surface area contributed by atoms with Gasteiger partial charge in [0.2, 0.25) is 5.95 Å². The van der Waals surface area contributed by atoms with Crippen LogP contribution in [0.25, 0.3) is 5.95 Å². The lowest BCUT2D eigenvalue weighted by Gasteiger charge is -2.15. The molecule has 2 rings (SSSR count). The van der Waals surface area contributed by atoms with E-state index in [1.807, 2.05) is 0 Å². The predicted molar refractivity (Wildman–Crippen MR) is 76.8 cm³/mol. The molecular weight excluding hydrogens is 286 g/mol. The minimum absolute atomic E-state index is 0.149. The molecule has 0 unspecified atom stereocenters. The highest BCUT2D eigenvalue weighted by atomic mass is 16.5. The number of hydrogen-bond acceptors (Lipinski definition) is 6. The van der Waals surface area contributed by atoms with Crippen LogP contribution in [-0.4, -0.2) is 39.2 Å². The summed E-state index contributed by atoms with van der Waals surface area (Å²) in [4.78, 5) is 43.7. The molecule has 0 spiro atoms. The molecule has 0 aliphatic heterocycles. The van der Waals surface area contributed by atoms with Crippen LogP contribution in [0.1, 0.15) is 35.9 Å². The third kappa shape index (κ3) is 2.78. The first-order valence-electron chi connectivity index (χ1n) is 6.55. The van der Waals surface area contributed by atoms with Gasteiger partial charge < -0.3 is 4.74 Å². The molecule has 0 saturated heterocycles. The molecule has 22 heavy (non-hydrogen) atoms. The van der Waals surface area contributed by atoms with Gasteiger partial charge in [-0.05, 0) is 32.0 Å². The van der Waals surface area contributed by atoms with Gasteiger partial charge >= 0.3 is 5.97 Å². The fourth-order valence-electron chi connectivity index (χ4n) is 2.27. The Morgan fingerprint density at radius 2 is 1.68 bits per heavy atom. The van der Waals surface area contributed by atoms with Crippen molar-refractivity contribution in [2.45, 2.75) is 19.8 Å². The molecule has 114 valence electrons. The molecule has 0 fully saturated rings. The maximum Gasteiger partial charge on any atom is 0.355 e. The van der Waals surface area contributed by atoms with Gasteiger partial charge in [0.1, 0.15) is 23.2 Å². The average molecular weight is 301 g/mol. The molecule has 7 heteroatoms. The summed E-state index contributed by atoms with van der Waals surface area (Å²) in [6, 6.07) is 4.64. The zero-order chi connectivity index (χ0) is 16.3. The van der Waals surface area contributed by atoms with Gasteiger partial charge in [-0.1, -0.05) is 0 Å². The summed E-state index contributed by atoms with van der Waals surface area (Å²) in [5, 5.41) is 0. The van der Waals surface area contributed by atoms with Crippen LogP contribution in [0.2, 0.25) is 0 Å². The minimum Gasteiger partial charge on any atom is -0.464 e. The quantitative estimate of drug-likeness (QED) is 0.611. The molecule has 0 aliphatic carbocycles. The van der Waals surface area contributed by atoms with Crippen molar-refractivity contribution in [2.24, 2.45) is 0 Å². The number of ether oxygens (including phenoxy) is 1. The summed E-state index contributed by atoms with van der Waals surface area (Å²) in [5.41, 5.74) is 0.489. The number of Topliss-reactive ketones (excluding diaryl/α,β-unsaturated/α-hetero) is 2. The zero-order valence-electron chi connectivity index (χ0n) is 12.4. The van der Waals surface area contributed by atoms with Crippen LogP contribution < -0.4 is 0 Å². The van der Waals surface area contributed by atoms with Crippen molar-refractivity contribution < 1.29 is 19.1 Å². The van der Waals surface area contributed by atoms with Gasteiger partial charge in [0.05, 0.1) is 7.11 Å². The van der Waals surface area contributed by atoms with Crippen LogP contribution in [0.4, 0.5) is 0 Å². The molecule has 2 aromatic rings. The smallest absolute Gasteiger partial charge is 0.355 e. The minimum atomic E-state index is -0.984. The second-order valence-electron chi connectivity index (χ2n) is 4.67. The first-order valence-corrected chi connectivity index (χ1v) is 6.55. The van der Waals surface area contributed by atoms with Crippen LogP contribution in [0.15, 0.2) is 30.6 Å². The summed E-state index contributed by atoms with van der Waals surface area (Å²) in [5.74, 6) is -2.04. The lowest BCUT2D eigenvalue weighted by Crippen LogP contribution is -2.22. The molecule has 7 nitrogen and oxygen atoms in total. The molecule has 0 N–H and O–H groups in total. The summed E-state index contributed by atoms with van der Waals surface area (Å²) in [7, 11) is 1.25. The highest BCUT2D eigenvalue weighted by Crippen LogP contribution is 2.24. The first kappa shape index (κ1) is 15.6. The number of nitrogens with zero attached hydrogens (tertiary/aromatic N) is 3. The number of methoxy groups -OCH3 is 1. The summed E-state index contributed by atoms with van der Waals surface area (Å²) in [6.07, 6.45) is 3.01. The molecule has 0 saturated carbocycles. The normalized spacial score (nSPS) is 10.5. The number of carbonyl (C=O) groups excluding carboxylic acids is 3. The number of aromatic nitrogens is 3. The monoisotopic (exact) mass is 301 g/mol. The molecule has 0 radical (unpaired) electrons. The van der Waals surface area contributed by atoms with Crippen LogP contribution in [-0.2, 0) is 14.3 Å². The van der Waals surface area contributed by atoms with Crippen molar-refractivity contribution >= 4 is 17.5 Å². The van der Waals surface area contributed by atoms with E-state index in [4.69, 9.17) is 4.74 Å². The van der Waals surface area contributed by atoms with Gasteiger partial charge in [-0.15, -0.1) is 0 Å². The van der Waals surface area contributed by atoms with E-state index < -0.39 is 11.9 Å². The topological polar surface area (TPSA) is 91.2 Å². The largest absolute Gasteiger partial charge is 0.464 e. The van der Waals surface area contributed by atoms with Crippen molar-refractivity contribution in [3.05, 3.63) is 42.0 Å². The molecule has 0 bridgehead atoms. The van der Waals surface area contributed by atoms with Gasteiger partial charge in [0.25, 0.3) is 0 Å². The number of ketones is 2.